The number of piperidine rings is 1. The van der Waals surface area contributed by atoms with Gasteiger partial charge >= 0.3 is 0 Å². The molecule has 1 aromatic carbocycles. The normalized spacial score (nSPS) is 28.6. The molecule has 2 unspecified atom stereocenters. The highest BCUT2D eigenvalue weighted by Gasteiger charge is 2.26. The number of hydrogen-bond acceptors (Lipinski definition) is 3. The molecule has 3 rings (SSSR count). The van der Waals surface area contributed by atoms with Gasteiger partial charge in [0.05, 0.1) is 12.2 Å². The van der Waals surface area contributed by atoms with Crippen molar-refractivity contribution >= 4 is 5.69 Å². The van der Waals surface area contributed by atoms with Gasteiger partial charge in [0.1, 0.15) is 0 Å². The molecular formula is C15H22N2O. The fraction of sp³-hybridized carbons (Fsp3) is 0.600. The Hall–Kier alpha value is -1.06. The van der Waals surface area contributed by atoms with E-state index in [0.29, 0.717) is 12.2 Å². The van der Waals surface area contributed by atoms with Crippen LogP contribution in [0.5, 0.6) is 0 Å². The predicted octanol–water partition coefficient (Wildman–Crippen LogP) is 2.03. The van der Waals surface area contributed by atoms with Crippen molar-refractivity contribution < 1.29 is 4.74 Å². The first-order valence-electron chi connectivity index (χ1n) is 7.08. The molecule has 0 aromatic heterocycles. The highest BCUT2D eigenvalue weighted by atomic mass is 16.5. The molecule has 2 aliphatic rings. The number of nitrogens with zero attached hydrogens (tertiary/aromatic N) is 1. The molecule has 98 valence electrons. The van der Waals surface area contributed by atoms with Crippen LogP contribution in [0.2, 0.25) is 0 Å². The Morgan fingerprint density at radius 1 is 1.11 bits per heavy atom. The van der Waals surface area contributed by atoms with Crippen molar-refractivity contribution in [3.8, 4) is 0 Å². The molecule has 0 radical (unpaired) electrons. The molecule has 2 saturated heterocycles. The minimum atomic E-state index is 0.412. The molecule has 18 heavy (non-hydrogen) atoms. The first-order chi connectivity index (χ1) is 8.92. The summed E-state index contributed by atoms with van der Waals surface area (Å²) in [5, 5.41) is 3.41. The number of ether oxygens (including phenoxy) is 1. The number of nitrogens with one attached hydrogen (secondary N) is 1. The summed E-state index contributed by atoms with van der Waals surface area (Å²) in [6.07, 6.45) is 4.47. The fourth-order valence-electron chi connectivity index (χ4n) is 2.92. The van der Waals surface area contributed by atoms with Crippen LogP contribution in [0.3, 0.4) is 0 Å². The van der Waals surface area contributed by atoms with Gasteiger partial charge in [-0.05, 0) is 37.9 Å². The van der Waals surface area contributed by atoms with Gasteiger partial charge in [0.15, 0.2) is 0 Å². The standard InChI is InChI=1S/C15H22N2O/c1-2-5-13(6-3-1)17-10-8-15(12-17)18-14-7-4-9-16-11-14/h1-3,5-6,14-16H,4,7-12H2. The summed E-state index contributed by atoms with van der Waals surface area (Å²) < 4.78 is 6.20. The molecule has 0 bridgehead atoms. The summed E-state index contributed by atoms with van der Waals surface area (Å²) >= 11 is 0. The topological polar surface area (TPSA) is 24.5 Å². The molecule has 2 atom stereocenters. The predicted molar refractivity (Wildman–Crippen MR) is 74.0 cm³/mol. The molecule has 0 spiro atoms. The third kappa shape index (κ3) is 2.85. The molecule has 0 aliphatic carbocycles. The summed E-state index contributed by atoms with van der Waals surface area (Å²) in [4.78, 5) is 2.43. The summed E-state index contributed by atoms with van der Waals surface area (Å²) in [7, 11) is 0. The molecular weight excluding hydrogens is 224 g/mol. The van der Waals surface area contributed by atoms with Gasteiger partial charge in [-0.1, -0.05) is 18.2 Å². The lowest BCUT2D eigenvalue weighted by molar-refractivity contribution is -0.0116. The van der Waals surface area contributed by atoms with Gasteiger partial charge in [-0.3, -0.25) is 0 Å². The number of benzene rings is 1. The maximum Gasteiger partial charge on any atom is 0.0771 e. The fourth-order valence-corrected chi connectivity index (χ4v) is 2.92. The van der Waals surface area contributed by atoms with Crippen LogP contribution in [-0.4, -0.2) is 38.4 Å². The van der Waals surface area contributed by atoms with Crippen LogP contribution in [0.25, 0.3) is 0 Å². The second-order valence-electron chi connectivity index (χ2n) is 5.30. The van der Waals surface area contributed by atoms with Gasteiger partial charge in [-0.2, -0.15) is 0 Å². The SMILES string of the molecule is c1ccc(N2CCC(OC3CCCNC3)C2)cc1. The number of para-hydroxylation sites is 1. The number of hydrogen-bond donors (Lipinski definition) is 1. The van der Waals surface area contributed by atoms with Crippen LogP contribution < -0.4 is 10.2 Å². The van der Waals surface area contributed by atoms with Crippen molar-refractivity contribution in [1.29, 1.82) is 0 Å². The van der Waals surface area contributed by atoms with Crippen molar-refractivity contribution in [2.75, 3.05) is 31.1 Å². The maximum atomic E-state index is 6.20. The highest BCUT2D eigenvalue weighted by Crippen LogP contribution is 2.23. The molecule has 3 heteroatoms. The van der Waals surface area contributed by atoms with Gasteiger partial charge < -0.3 is 15.0 Å². The first-order valence-corrected chi connectivity index (χ1v) is 7.08. The highest BCUT2D eigenvalue weighted by molar-refractivity contribution is 5.47. The zero-order valence-corrected chi connectivity index (χ0v) is 10.8. The Morgan fingerprint density at radius 3 is 2.78 bits per heavy atom. The van der Waals surface area contributed by atoms with E-state index in [1.54, 1.807) is 0 Å². The average Bonchev–Trinajstić information content (AvgIpc) is 2.89. The monoisotopic (exact) mass is 246 g/mol. The van der Waals surface area contributed by atoms with E-state index in [-0.39, 0.29) is 0 Å². The minimum absolute atomic E-state index is 0.412. The van der Waals surface area contributed by atoms with Crippen LogP contribution in [0.1, 0.15) is 19.3 Å². The van der Waals surface area contributed by atoms with E-state index < -0.39 is 0 Å². The second-order valence-corrected chi connectivity index (χ2v) is 5.30. The number of rotatable bonds is 3. The Bertz CT molecular complexity index is 362. The van der Waals surface area contributed by atoms with Crippen LogP contribution in [0, 0.1) is 0 Å². The van der Waals surface area contributed by atoms with Crippen molar-refractivity contribution in [2.45, 2.75) is 31.5 Å². The zero-order chi connectivity index (χ0) is 12.2. The largest absolute Gasteiger partial charge is 0.372 e. The number of anilines is 1. The molecule has 3 nitrogen and oxygen atoms in total. The molecule has 2 fully saturated rings. The van der Waals surface area contributed by atoms with E-state index in [2.05, 4.69) is 40.5 Å². The van der Waals surface area contributed by atoms with Crippen LogP contribution in [-0.2, 0) is 4.74 Å². The van der Waals surface area contributed by atoms with Crippen molar-refractivity contribution in [2.24, 2.45) is 0 Å². The quantitative estimate of drug-likeness (QED) is 0.883. The van der Waals surface area contributed by atoms with E-state index in [4.69, 9.17) is 4.74 Å². The third-order valence-electron chi connectivity index (χ3n) is 3.90. The summed E-state index contributed by atoms with van der Waals surface area (Å²) in [5.74, 6) is 0. The summed E-state index contributed by atoms with van der Waals surface area (Å²) in [5.41, 5.74) is 1.32. The summed E-state index contributed by atoms with van der Waals surface area (Å²) in [6.45, 7) is 4.35. The lowest BCUT2D eigenvalue weighted by Gasteiger charge is -2.26. The molecule has 1 N–H and O–H groups in total. The van der Waals surface area contributed by atoms with E-state index >= 15 is 0 Å². The zero-order valence-electron chi connectivity index (χ0n) is 10.8. The smallest absolute Gasteiger partial charge is 0.0771 e. The van der Waals surface area contributed by atoms with Crippen LogP contribution >= 0.6 is 0 Å². The van der Waals surface area contributed by atoms with Crippen LogP contribution in [0.4, 0.5) is 5.69 Å². The summed E-state index contributed by atoms with van der Waals surface area (Å²) in [6, 6.07) is 10.7. The Balaban J connectivity index is 1.52. The maximum absolute atomic E-state index is 6.20. The Kier molecular flexibility index (Phi) is 3.81. The lowest BCUT2D eigenvalue weighted by Crippen LogP contribution is -2.38. The van der Waals surface area contributed by atoms with Crippen molar-refractivity contribution in [3.05, 3.63) is 30.3 Å². The molecule has 1 aromatic rings. The lowest BCUT2D eigenvalue weighted by atomic mass is 10.1. The van der Waals surface area contributed by atoms with Crippen molar-refractivity contribution in [3.63, 3.8) is 0 Å². The van der Waals surface area contributed by atoms with Crippen molar-refractivity contribution in [1.82, 2.24) is 5.32 Å². The Morgan fingerprint density at radius 2 is 2.00 bits per heavy atom. The molecule has 0 saturated carbocycles. The van der Waals surface area contributed by atoms with E-state index in [0.717, 1.165) is 32.6 Å². The minimum Gasteiger partial charge on any atom is -0.372 e. The molecule has 2 aliphatic heterocycles. The molecule has 2 heterocycles. The van der Waals surface area contributed by atoms with Gasteiger partial charge in [0.25, 0.3) is 0 Å². The van der Waals surface area contributed by atoms with E-state index in [9.17, 15) is 0 Å². The second kappa shape index (κ2) is 5.72. The van der Waals surface area contributed by atoms with Gasteiger partial charge in [-0.15, -0.1) is 0 Å². The van der Waals surface area contributed by atoms with Gasteiger partial charge in [0.2, 0.25) is 0 Å². The van der Waals surface area contributed by atoms with E-state index in [1.807, 2.05) is 0 Å². The van der Waals surface area contributed by atoms with Crippen LogP contribution in [0.15, 0.2) is 30.3 Å². The third-order valence-corrected chi connectivity index (χ3v) is 3.90. The van der Waals surface area contributed by atoms with Gasteiger partial charge in [-0.25, -0.2) is 0 Å². The van der Waals surface area contributed by atoms with Gasteiger partial charge in [0, 0.05) is 25.3 Å². The van der Waals surface area contributed by atoms with E-state index in [1.165, 1.54) is 18.5 Å². The average molecular weight is 246 g/mol. The Labute approximate surface area is 109 Å². The molecule has 0 amide bonds. The first kappa shape index (κ1) is 12.0.